The van der Waals surface area contributed by atoms with Gasteiger partial charge in [-0.1, -0.05) is 42.0 Å². The molecular weight excluding hydrogens is 269 g/mol. The highest BCUT2D eigenvalue weighted by Crippen LogP contribution is 2.15. The van der Waals surface area contributed by atoms with Crippen LogP contribution in [0.25, 0.3) is 0 Å². The number of hydrogen-bond acceptors (Lipinski definition) is 2. The first-order chi connectivity index (χ1) is 10.1. The number of benzene rings is 2. The third-order valence-electron chi connectivity index (χ3n) is 3.03. The number of ether oxygens (including phenoxy) is 1. The van der Waals surface area contributed by atoms with Crippen molar-refractivity contribution in [2.75, 3.05) is 6.61 Å². The number of hydrogen-bond donors (Lipinski definition) is 1. The Morgan fingerprint density at radius 2 is 1.86 bits per heavy atom. The highest BCUT2D eigenvalue weighted by atomic mass is 19.1. The third-order valence-corrected chi connectivity index (χ3v) is 3.03. The molecule has 3 nitrogen and oxygen atoms in total. The van der Waals surface area contributed by atoms with Crippen molar-refractivity contribution in [1.29, 1.82) is 0 Å². The lowest BCUT2D eigenvalue weighted by Gasteiger charge is -2.08. The van der Waals surface area contributed by atoms with E-state index >= 15 is 0 Å². The molecule has 0 aromatic heterocycles. The number of aryl methyl sites for hydroxylation is 1. The summed E-state index contributed by atoms with van der Waals surface area (Å²) in [6.45, 7) is 2.65. The molecule has 4 heteroatoms. The number of rotatable bonds is 6. The molecule has 0 saturated carbocycles. The molecule has 2 aromatic carbocycles. The molecule has 0 bridgehead atoms. The normalized spacial score (nSPS) is 10.2. The Labute approximate surface area is 123 Å². The Morgan fingerprint density at radius 3 is 2.57 bits per heavy atom. The fourth-order valence-electron chi connectivity index (χ4n) is 1.81. The van der Waals surface area contributed by atoms with E-state index in [0.717, 1.165) is 5.56 Å². The standard InChI is InChI=1S/C17H18FNO2/c1-13-6-8-14(9-7-13)12-19-17(20)10-11-21-16-5-3-2-4-15(16)18/h2-9H,10-12H2,1H3,(H,19,20). The summed E-state index contributed by atoms with van der Waals surface area (Å²) in [7, 11) is 0. The van der Waals surface area contributed by atoms with E-state index in [4.69, 9.17) is 4.74 Å². The van der Waals surface area contributed by atoms with E-state index in [9.17, 15) is 9.18 Å². The van der Waals surface area contributed by atoms with Crippen LogP contribution >= 0.6 is 0 Å². The Bertz CT molecular complexity index is 596. The monoisotopic (exact) mass is 287 g/mol. The summed E-state index contributed by atoms with van der Waals surface area (Å²) < 4.78 is 18.5. The number of para-hydroxylation sites is 1. The van der Waals surface area contributed by atoms with E-state index in [2.05, 4.69) is 5.32 Å². The fraction of sp³-hybridized carbons (Fsp3) is 0.235. The average molecular weight is 287 g/mol. The van der Waals surface area contributed by atoms with Gasteiger partial charge in [0, 0.05) is 6.54 Å². The van der Waals surface area contributed by atoms with Crippen molar-refractivity contribution in [3.8, 4) is 5.75 Å². The molecule has 0 aliphatic carbocycles. The maximum Gasteiger partial charge on any atom is 0.223 e. The molecular formula is C17H18FNO2. The number of nitrogens with one attached hydrogen (secondary N) is 1. The maximum absolute atomic E-state index is 13.3. The van der Waals surface area contributed by atoms with Crippen molar-refractivity contribution in [1.82, 2.24) is 5.32 Å². The first kappa shape index (κ1) is 15.0. The first-order valence-electron chi connectivity index (χ1n) is 6.85. The van der Waals surface area contributed by atoms with Crippen LogP contribution in [0.2, 0.25) is 0 Å². The average Bonchev–Trinajstić information content (AvgIpc) is 2.49. The number of amides is 1. The van der Waals surface area contributed by atoms with Gasteiger partial charge in [0.1, 0.15) is 0 Å². The topological polar surface area (TPSA) is 38.3 Å². The second-order valence-corrected chi connectivity index (χ2v) is 4.79. The lowest BCUT2D eigenvalue weighted by atomic mass is 10.1. The minimum Gasteiger partial charge on any atom is -0.490 e. The van der Waals surface area contributed by atoms with Crippen molar-refractivity contribution < 1.29 is 13.9 Å². The molecule has 0 fully saturated rings. The van der Waals surface area contributed by atoms with Crippen molar-refractivity contribution in [2.45, 2.75) is 19.9 Å². The van der Waals surface area contributed by atoms with E-state index < -0.39 is 5.82 Å². The van der Waals surface area contributed by atoms with Gasteiger partial charge in [-0.15, -0.1) is 0 Å². The van der Waals surface area contributed by atoms with Crippen molar-refractivity contribution in [2.24, 2.45) is 0 Å². The lowest BCUT2D eigenvalue weighted by molar-refractivity contribution is -0.121. The summed E-state index contributed by atoms with van der Waals surface area (Å²) in [5.41, 5.74) is 2.23. The predicted molar refractivity (Wildman–Crippen MR) is 79.5 cm³/mol. The van der Waals surface area contributed by atoms with Gasteiger partial charge in [-0.05, 0) is 24.6 Å². The van der Waals surface area contributed by atoms with Gasteiger partial charge in [0.15, 0.2) is 11.6 Å². The van der Waals surface area contributed by atoms with E-state index in [1.165, 1.54) is 11.6 Å². The minimum atomic E-state index is -0.419. The quantitative estimate of drug-likeness (QED) is 0.886. The molecule has 1 amide bonds. The van der Waals surface area contributed by atoms with Gasteiger partial charge in [-0.2, -0.15) is 0 Å². The van der Waals surface area contributed by atoms with Crippen LogP contribution in [0.4, 0.5) is 4.39 Å². The van der Waals surface area contributed by atoms with Crippen molar-refractivity contribution in [3.05, 3.63) is 65.5 Å². The second kappa shape index (κ2) is 7.43. The molecule has 110 valence electrons. The van der Waals surface area contributed by atoms with Gasteiger partial charge in [-0.25, -0.2) is 4.39 Å². The molecule has 0 unspecified atom stereocenters. The maximum atomic E-state index is 13.3. The molecule has 2 aromatic rings. The second-order valence-electron chi connectivity index (χ2n) is 4.79. The summed E-state index contributed by atoms with van der Waals surface area (Å²) in [6.07, 6.45) is 0.195. The summed E-state index contributed by atoms with van der Waals surface area (Å²) >= 11 is 0. The van der Waals surface area contributed by atoms with Gasteiger partial charge in [0.25, 0.3) is 0 Å². The molecule has 1 N–H and O–H groups in total. The fourth-order valence-corrected chi connectivity index (χ4v) is 1.81. The molecule has 0 saturated heterocycles. The van der Waals surface area contributed by atoms with Gasteiger partial charge < -0.3 is 10.1 Å². The van der Waals surface area contributed by atoms with E-state index in [0.29, 0.717) is 6.54 Å². The van der Waals surface area contributed by atoms with Crippen LogP contribution < -0.4 is 10.1 Å². The molecule has 0 spiro atoms. The SMILES string of the molecule is Cc1ccc(CNC(=O)CCOc2ccccc2F)cc1. The van der Waals surface area contributed by atoms with Crippen LogP contribution in [0.15, 0.2) is 48.5 Å². The van der Waals surface area contributed by atoms with Gasteiger partial charge in [-0.3, -0.25) is 4.79 Å². The zero-order valence-corrected chi connectivity index (χ0v) is 11.9. The molecule has 0 radical (unpaired) electrons. The van der Waals surface area contributed by atoms with Gasteiger partial charge in [0.2, 0.25) is 5.91 Å². The van der Waals surface area contributed by atoms with Crippen LogP contribution in [0.3, 0.4) is 0 Å². The smallest absolute Gasteiger partial charge is 0.223 e. The number of carbonyl (C=O) groups is 1. The van der Waals surface area contributed by atoms with Crippen LogP contribution in [0.1, 0.15) is 17.5 Å². The van der Waals surface area contributed by atoms with Crippen LogP contribution in [-0.4, -0.2) is 12.5 Å². The molecule has 0 aliphatic heterocycles. The molecule has 21 heavy (non-hydrogen) atoms. The first-order valence-corrected chi connectivity index (χ1v) is 6.85. The molecule has 0 aliphatic rings. The van der Waals surface area contributed by atoms with Crippen molar-refractivity contribution >= 4 is 5.91 Å². The Balaban J connectivity index is 1.70. The van der Waals surface area contributed by atoms with E-state index in [-0.39, 0.29) is 24.7 Å². The molecule has 0 atom stereocenters. The summed E-state index contributed by atoms with van der Waals surface area (Å²) in [6, 6.07) is 14.1. The molecule has 2 rings (SSSR count). The Morgan fingerprint density at radius 1 is 1.14 bits per heavy atom. The largest absolute Gasteiger partial charge is 0.490 e. The zero-order valence-electron chi connectivity index (χ0n) is 11.9. The third kappa shape index (κ3) is 4.91. The number of halogens is 1. The summed E-state index contributed by atoms with van der Waals surface area (Å²) in [5, 5.41) is 2.81. The Kier molecular flexibility index (Phi) is 5.32. The number of carbonyl (C=O) groups excluding carboxylic acids is 1. The predicted octanol–water partition coefficient (Wildman–Crippen LogP) is 3.22. The lowest BCUT2D eigenvalue weighted by Crippen LogP contribution is -2.24. The highest BCUT2D eigenvalue weighted by molar-refractivity contribution is 5.75. The zero-order chi connectivity index (χ0) is 15.1. The van der Waals surface area contributed by atoms with Crippen LogP contribution in [0, 0.1) is 12.7 Å². The summed E-state index contributed by atoms with van der Waals surface area (Å²) in [4.78, 5) is 11.7. The van der Waals surface area contributed by atoms with Crippen molar-refractivity contribution in [3.63, 3.8) is 0 Å². The van der Waals surface area contributed by atoms with Crippen LogP contribution in [0.5, 0.6) is 5.75 Å². The van der Waals surface area contributed by atoms with E-state index in [1.807, 2.05) is 31.2 Å². The Hall–Kier alpha value is -2.36. The minimum absolute atomic E-state index is 0.119. The van der Waals surface area contributed by atoms with Crippen LogP contribution in [-0.2, 0) is 11.3 Å². The molecule has 0 heterocycles. The summed E-state index contributed by atoms with van der Waals surface area (Å²) in [5.74, 6) is -0.367. The van der Waals surface area contributed by atoms with Gasteiger partial charge >= 0.3 is 0 Å². The highest BCUT2D eigenvalue weighted by Gasteiger charge is 2.04. The van der Waals surface area contributed by atoms with Gasteiger partial charge in [0.05, 0.1) is 13.0 Å². The van der Waals surface area contributed by atoms with E-state index in [1.54, 1.807) is 18.2 Å².